The zero-order valence-corrected chi connectivity index (χ0v) is 20.1. The van der Waals surface area contributed by atoms with Crippen LogP contribution in [0.1, 0.15) is 20.8 Å². The van der Waals surface area contributed by atoms with E-state index in [-0.39, 0.29) is 17.3 Å². The smallest absolute Gasteiger partial charge is 0.274 e. The molecule has 2 aromatic heterocycles. The van der Waals surface area contributed by atoms with Gasteiger partial charge >= 0.3 is 0 Å². The van der Waals surface area contributed by atoms with Crippen molar-refractivity contribution in [2.45, 2.75) is 0 Å². The summed E-state index contributed by atoms with van der Waals surface area (Å²) in [5.41, 5.74) is 3.75. The van der Waals surface area contributed by atoms with Gasteiger partial charge in [0.15, 0.2) is 17.2 Å². The molecule has 0 spiro atoms. The Kier molecular flexibility index (Phi) is 6.80. The van der Waals surface area contributed by atoms with E-state index in [1.54, 1.807) is 18.2 Å². The number of likely N-dealkylation sites (N-methyl/N-ethyl adjacent to an activating group) is 1. The number of amides is 2. The fourth-order valence-electron chi connectivity index (χ4n) is 3.65. The third-order valence-corrected chi connectivity index (χ3v) is 5.74. The molecule has 0 aliphatic carbocycles. The highest BCUT2D eigenvalue weighted by molar-refractivity contribution is 6.07. The lowest BCUT2D eigenvalue weighted by molar-refractivity contribution is 0.0949. The molecule has 0 atom stereocenters. The van der Waals surface area contributed by atoms with Crippen molar-refractivity contribution < 1.29 is 24.9 Å². The number of carbonyl (C=O) groups excluding carboxylic acids is 2. The molecule has 0 bridgehead atoms. The van der Waals surface area contributed by atoms with Gasteiger partial charge in [-0.2, -0.15) is 0 Å². The number of anilines is 1. The molecule has 0 aliphatic heterocycles. The zero-order chi connectivity index (χ0) is 26.0. The number of nitrogens with one attached hydrogen (secondary N) is 2. The average molecular weight is 490 g/mol. The van der Waals surface area contributed by atoms with E-state index in [2.05, 4.69) is 15.3 Å². The van der Waals surface area contributed by atoms with Crippen LogP contribution in [0.5, 0.6) is 17.2 Å². The van der Waals surface area contributed by atoms with Crippen molar-refractivity contribution in [1.82, 2.24) is 20.2 Å². The van der Waals surface area contributed by atoms with Crippen LogP contribution in [0.4, 0.5) is 5.69 Å². The third-order valence-electron chi connectivity index (χ3n) is 5.74. The second-order valence-electron chi connectivity index (χ2n) is 8.65. The summed E-state index contributed by atoms with van der Waals surface area (Å²) in [6.45, 7) is 1.31. The predicted octanol–water partition coefficient (Wildman–Crippen LogP) is 2.91. The van der Waals surface area contributed by atoms with Gasteiger partial charge in [0.05, 0.1) is 22.4 Å². The Morgan fingerprint density at radius 2 is 1.61 bits per heavy atom. The number of hydrogen-bond donors (Lipinski definition) is 5. The monoisotopic (exact) mass is 489 g/mol. The topological polar surface area (TPSA) is 142 Å². The maximum atomic E-state index is 13.0. The molecular weight excluding hydrogens is 462 g/mol. The van der Waals surface area contributed by atoms with Gasteiger partial charge in [0, 0.05) is 43.4 Å². The van der Waals surface area contributed by atoms with Crippen LogP contribution in [0.25, 0.3) is 22.3 Å². The summed E-state index contributed by atoms with van der Waals surface area (Å²) in [5.74, 6) is -2.29. The molecule has 2 heterocycles. The van der Waals surface area contributed by atoms with Crippen molar-refractivity contribution in [3.8, 4) is 28.5 Å². The van der Waals surface area contributed by atoms with Crippen molar-refractivity contribution in [2.24, 2.45) is 0 Å². The summed E-state index contributed by atoms with van der Waals surface area (Å²) < 4.78 is 0. The molecule has 0 saturated carbocycles. The number of rotatable bonds is 7. The molecule has 0 aliphatic rings. The minimum Gasteiger partial charge on any atom is -0.504 e. The van der Waals surface area contributed by atoms with E-state index in [1.165, 1.54) is 24.1 Å². The fraction of sp³-hybridized carbons (Fsp3) is 0.192. The first kappa shape index (κ1) is 24.6. The van der Waals surface area contributed by atoms with Gasteiger partial charge in [-0.25, -0.2) is 4.98 Å². The molecule has 0 saturated heterocycles. The molecule has 0 fully saturated rings. The molecular formula is C26H27N5O5. The van der Waals surface area contributed by atoms with Gasteiger partial charge in [0.1, 0.15) is 5.69 Å². The second kappa shape index (κ2) is 9.96. The number of benzene rings is 2. The standard InChI is InChI=1S/C26H27N5O5/c1-30(2)11-10-27-25(35)16-6-4-15(5-7-16)18-8-9-19-20(28-18)14-21(29-19)26(36)31(3)17-12-22(32)24(34)23(33)13-17/h4-9,12-14,29,32-34H,10-11H2,1-3H3,(H,27,35). The fourth-order valence-corrected chi connectivity index (χ4v) is 3.65. The number of phenolic OH excluding ortho intramolecular Hbond substituents is 3. The first-order chi connectivity index (χ1) is 17.1. The number of carbonyl (C=O) groups is 2. The summed E-state index contributed by atoms with van der Waals surface area (Å²) in [6, 6.07) is 14.7. The van der Waals surface area contributed by atoms with Gasteiger partial charge in [0.2, 0.25) is 0 Å². The van der Waals surface area contributed by atoms with Crippen molar-refractivity contribution >= 4 is 28.5 Å². The van der Waals surface area contributed by atoms with Gasteiger partial charge in [-0.05, 0) is 44.4 Å². The van der Waals surface area contributed by atoms with Crippen LogP contribution in [0, 0.1) is 0 Å². The van der Waals surface area contributed by atoms with E-state index >= 15 is 0 Å². The molecule has 36 heavy (non-hydrogen) atoms. The van der Waals surface area contributed by atoms with E-state index < -0.39 is 23.2 Å². The Labute approximate surface area is 207 Å². The van der Waals surface area contributed by atoms with Gasteiger partial charge in [0.25, 0.3) is 11.8 Å². The lowest BCUT2D eigenvalue weighted by atomic mass is 10.1. The molecule has 5 N–H and O–H groups in total. The highest BCUT2D eigenvalue weighted by Crippen LogP contribution is 2.38. The van der Waals surface area contributed by atoms with Gasteiger partial charge in [-0.1, -0.05) is 12.1 Å². The Balaban J connectivity index is 1.52. The number of pyridine rings is 1. The highest BCUT2D eigenvalue weighted by atomic mass is 16.3. The molecule has 2 amide bonds. The SMILES string of the molecule is CN(C)CCNC(=O)c1ccc(-c2ccc3[nH]c(C(=O)N(C)c4cc(O)c(O)c(O)c4)cc3n2)cc1. The number of phenols is 3. The highest BCUT2D eigenvalue weighted by Gasteiger charge is 2.19. The predicted molar refractivity (Wildman–Crippen MR) is 137 cm³/mol. The summed E-state index contributed by atoms with van der Waals surface area (Å²) in [6.07, 6.45) is 0. The molecule has 0 unspecified atom stereocenters. The van der Waals surface area contributed by atoms with E-state index in [9.17, 15) is 24.9 Å². The maximum Gasteiger partial charge on any atom is 0.274 e. The average Bonchev–Trinajstić information content (AvgIpc) is 3.29. The number of H-pyrrole nitrogens is 1. The van der Waals surface area contributed by atoms with Gasteiger partial charge < -0.3 is 35.4 Å². The van der Waals surface area contributed by atoms with Crippen LogP contribution >= 0.6 is 0 Å². The summed E-state index contributed by atoms with van der Waals surface area (Å²) in [7, 11) is 5.37. The molecule has 10 heteroatoms. The van der Waals surface area contributed by atoms with Crippen molar-refractivity contribution in [2.75, 3.05) is 39.1 Å². The lowest BCUT2D eigenvalue weighted by Crippen LogP contribution is -2.31. The Morgan fingerprint density at radius 1 is 0.944 bits per heavy atom. The number of aromatic amines is 1. The van der Waals surface area contributed by atoms with Crippen molar-refractivity contribution in [3.05, 3.63) is 65.9 Å². The molecule has 10 nitrogen and oxygen atoms in total. The van der Waals surface area contributed by atoms with E-state index in [4.69, 9.17) is 0 Å². The van der Waals surface area contributed by atoms with Crippen molar-refractivity contribution in [1.29, 1.82) is 0 Å². The first-order valence-electron chi connectivity index (χ1n) is 11.2. The van der Waals surface area contributed by atoms with Crippen LogP contribution in [-0.4, -0.2) is 76.2 Å². The number of fused-ring (bicyclic) bond motifs is 1. The Morgan fingerprint density at radius 3 is 2.25 bits per heavy atom. The largest absolute Gasteiger partial charge is 0.504 e. The maximum absolute atomic E-state index is 13.0. The third kappa shape index (κ3) is 5.08. The molecule has 4 rings (SSSR count). The molecule has 0 radical (unpaired) electrons. The number of hydrogen-bond acceptors (Lipinski definition) is 7. The lowest BCUT2D eigenvalue weighted by Gasteiger charge is -2.17. The van der Waals surface area contributed by atoms with Crippen LogP contribution in [-0.2, 0) is 0 Å². The number of aromatic hydroxyl groups is 3. The summed E-state index contributed by atoms with van der Waals surface area (Å²) >= 11 is 0. The Bertz CT molecular complexity index is 1410. The zero-order valence-electron chi connectivity index (χ0n) is 20.1. The molecule has 4 aromatic rings. The summed E-state index contributed by atoms with van der Waals surface area (Å²) in [5, 5.41) is 31.9. The van der Waals surface area contributed by atoms with Crippen LogP contribution < -0.4 is 10.2 Å². The van der Waals surface area contributed by atoms with E-state index in [0.29, 0.717) is 28.8 Å². The number of nitrogens with zero attached hydrogens (tertiary/aromatic N) is 3. The second-order valence-corrected chi connectivity index (χ2v) is 8.65. The van der Waals surface area contributed by atoms with Gasteiger partial charge in [-0.3, -0.25) is 9.59 Å². The van der Waals surface area contributed by atoms with E-state index in [0.717, 1.165) is 12.1 Å². The van der Waals surface area contributed by atoms with Gasteiger partial charge in [-0.15, -0.1) is 0 Å². The molecule has 2 aromatic carbocycles. The normalized spacial score (nSPS) is 11.1. The van der Waals surface area contributed by atoms with Crippen LogP contribution in [0.15, 0.2) is 54.6 Å². The quantitative estimate of drug-likeness (QED) is 0.251. The summed E-state index contributed by atoms with van der Waals surface area (Å²) in [4.78, 5) is 36.2. The molecule has 186 valence electrons. The van der Waals surface area contributed by atoms with Crippen LogP contribution in [0.3, 0.4) is 0 Å². The Hall–Kier alpha value is -4.57. The van der Waals surface area contributed by atoms with E-state index in [1.807, 2.05) is 43.3 Å². The minimum atomic E-state index is -0.653. The first-order valence-corrected chi connectivity index (χ1v) is 11.2. The van der Waals surface area contributed by atoms with Crippen LogP contribution in [0.2, 0.25) is 0 Å². The number of aromatic nitrogens is 2. The van der Waals surface area contributed by atoms with Crippen molar-refractivity contribution in [3.63, 3.8) is 0 Å². The minimum absolute atomic E-state index is 0.139.